The number of allylic oxidation sites excluding steroid dienone is 1. The molecule has 2 heteroatoms. The first kappa shape index (κ1) is 14.2. The molecule has 2 rings (SSSR count). The van der Waals surface area contributed by atoms with E-state index in [1.165, 1.54) is 11.3 Å². The van der Waals surface area contributed by atoms with Gasteiger partial charge in [-0.3, -0.25) is 9.97 Å². The summed E-state index contributed by atoms with van der Waals surface area (Å²) >= 11 is 0. The summed E-state index contributed by atoms with van der Waals surface area (Å²) in [5.41, 5.74) is 5.08. The maximum atomic E-state index is 4.87. The third-order valence-corrected chi connectivity index (χ3v) is 3.86. The van der Waals surface area contributed by atoms with E-state index in [-0.39, 0.29) is 10.8 Å². The Kier molecular flexibility index (Phi) is 3.32. The minimum atomic E-state index is 0.0652. The van der Waals surface area contributed by atoms with Gasteiger partial charge in [0.05, 0.1) is 17.1 Å². The molecule has 0 fully saturated rings. The van der Waals surface area contributed by atoms with E-state index in [1.807, 2.05) is 6.20 Å². The highest BCUT2D eigenvalue weighted by atomic mass is 14.8. The van der Waals surface area contributed by atoms with Crippen LogP contribution in [0.15, 0.2) is 11.8 Å². The zero-order chi connectivity index (χ0) is 14.4. The molecule has 0 aliphatic heterocycles. The van der Waals surface area contributed by atoms with Crippen molar-refractivity contribution in [1.29, 1.82) is 0 Å². The fourth-order valence-corrected chi connectivity index (χ4v) is 2.42. The van der Waals surface area contributed by atoms with Crippen molar-refractivity contribution in [3.05, 3.63) is 28.9 Å². The van der Waals surface area contributed by atoms with Gasteiger partial charge in [0.2, 0.25) is 0 Å². The lowest BCUT2D eigenvalue weighted by Crippen LogP contribution is -2.21. The molecule has 1 aliphatic carbocycles. The molecule has 0 amide bonds. The Labute approximate surface area is 117 Å². The normalized spacial score (nSPS) is 19.9. The van der Waals surface area contributed by atoms with Crippen molar-refractivity contribution in [2.75, 3.05) is 0 Å². The monoisotopic (exact) mass is 258 g/mol. The molecule has 0 spiro atoms. The molecule has 0 aromatic carbocycles. The molecule has 104 valence electrons. The van der Waals surface area contributed by atoms with Gasteiger partial charge in [-0.1, -0.05) is 54.0 Å². The highest BCUT2D eigenvalue weighted by molar-refractivity contribution is 5.57. The van der Waals surface area contributed by atoms with Gasteiger partial charge in [-0.15, -0.1) is 0 Å². The van der Waals surface area contributed by atoms with E-state index in [2.05, 4.69) is 59.5 Å². The molecule has 0 N–H and O–H groups in total. The third kappa shape index (κ3) is 2.88. The van der Waals surface area contributed by atoms with Crippen LogP contribution in [0.5, 0.6) is 0 Å². The van der Waals surface area contributed by atoms with Crippen LogP contribution < -0.4 is 0 Å². The van der Waals surface area contributed by atoms with Crippen molar-refractivity contribution in [1.82, 2.24) is 9.97 Å². The zero-order valence-electron chi connectivity index (χ0n) is 13.3. The molecule has 0 bridgehead atoms. The molecule has 1 atom stereocenters. The molecule has 0 radical (unpaired) electrons. The molecule has 0 saturated heterocycles. The molecule has 0 saturated carbocycles. The first-order chi connectivity index (χ1) is 8.59. The Morgan fingerprint density at radius 2 is 1.68 bits per heavy atom. The van der Waals surface area contributed by atoms with Crippen LogP contribution in [-0.4, -0.2) is 9.97 Å². The summed E-state index contributed by atoms with van der Waals surface area (Å²) in [6.45, 7) is 15.6. The Morgan fingerprint density at radius 1 is 1.05 bits per heavy atom. The predicted octanol–water partition coefficient (Wildman–Crippen LogP) is 4.71. The highest BCUT2D eigenvalue weighted by Crippen LogP contribution is 2.40. The molecular formula is C17H26N2. The van der Waals surface area contributed by atoms with E-state index in [4.69, 9.17) is 4.98 Å². The largest absolute Gasteiger partial charge is 0.253 e. The summed E-state index contributed by atoms with van der Waals surface area (Å²) in [4.78, 5) is 9.54. The minimum Gasteiger partial charge on any atom is -0.253 e. The molecule has 1 aromatic heterocycles. The van der Waals surface area contributed by atoms with Crippen molar-refractivity contribution in [2.45, 2.75) is 66.2 Å². The van der Waals surface area contributed by atoms with Crippen molar-refractivity contribution >= 4 is 6.08 Å². The van der Waals surface area contributed by atoms with Gasteiger partial charge in [-0.05, 0) is 17.9 Å². The van der Waals surface area contributed by atoms with E-state index in [1.54, 1.807) is 0 Å². The molecule has 2 nitrogen and oxygen atoms in total. The van der Waals surface area contributed by atoms with Crippen LogP contribution in [-0.2, 0) is 5.41 Å². The second-order valence-corrected chi connectivity index (χ2v) is 7.80. The highest BCUT2D eigenvalue weighted by Gasteiger charge is 2.28. The zero-order valence-corrected chi connectivity index (χ0v) is 13.3. The van der Waals surface area contributed by atoms with Gasteiger partial charge < -0.3 is 0 Å². The summed E-state index contributed by atoms with van der Waals surface area (Å²) in [5.74, 6) is 0.462. The van der Waals surface area contributed by atoms with E-state index in [9.17, 15) is 0 Å². The molecular weight excluding hydrogens is 232 g/mol. The number of fused-ring (bicyclic) bond motifs is 1. The van der Waals surface area contributed by atoms with Gasteiger partial charge >= 0.3 is 0 Å². The molecule has 1 aromatic rings. The standard InChI is InChI=1S/C17H26N2/c1-11-8-12(16(2,3)4)9-13-15(11)19-14(10-18-13)17(5,6)7/h9-11H,8H2,1-7H3. The van der Waals surface area contributed by atoms with Crippen LogP contribution in [0.1, 0.15) is 77.9 Å². The van der Waals surface area contributed by atoms with Crippen molar-refractivity contribution in [2.24, 2.45) is 5.41 Å². The van der Waals surface area contributed by atoms with Crippen LogP contribution >= 0.6 is 0 Å². The van der Waals surface area contributed by atoms with Crippen LogP contribution in [0.4, 0.5) is 0 Å². The first-order valence-corrected chi connectivity index (χ1v) is 7.17. The van der Waals surface area contributed by atoms with Crippen molar-refractivity contribution in [3.63, 3.8) is 0 Å². The number of hydrogen-bond acceptors (Lipinski definition) is 2. The smallest absolute Gasteiger partial charge is 0.0847 e. The maximum absolute atomic E-state index is 4.87. The summed E-state index contributed by atoms with van der Waals surface area (Å²) in [7, 11) is 0. The summed E-state index contributed by atoms with van der Waals surface area (Å²) in [6.07, 6.45) is 5.28. The fourth-order valence-electron chi connectivity index (χ4n) is 2.42. The van der Waals surface area contributed by atoms with Crippen LogP contribution in [0.3, 0.4) is 0 Å². The fraction of sp³-hybridized carbons (Fsp3) is 0.647. The first-order valence-electron chi connectivity index (χ1n) is 7.17. The third-order valence-electron chi connectivity index (χ3n) is 3.86. The molecule has 1 aliphatic rings. The van der Waals surface area contributed by atoms with Crippen LogP contribution in [0, 0.1) is 5.41 Å². The van der Waals surface area contributed by atoms with E-state index in [0.717, 1.165) is 17.8 Å². The summed E-state index contributed by atoms with van der Waals surface area (Å²) < 4.78 is 0. The SMILES string of the molecule is CC1CC(C(C)(C)C)=Cc2ncc(C(C)(C)C)nc21. The Morgan fingerprint density at radius 3 is 2.21 bits per heavy atom. The van der Waals surface area contributed by atoms with Gasteiger partial charge in [-0.2, -0.15) is 0 Å². The van der Waals surface area contributed by atoms with Crippen molar-refractivity contribution in [3.8, 4) is 0 Å². The Hall–Kier alpha value is -1.18. The number of nitrogens with zero attached hydrogens (tertiary/aromatic N) is 2. The predicted molar refractivity (Wildman–Crippen MR) is 81.2 cm³/mol. The van der Waals surface area contributed by atoms with Crippen molar-refractivity contribution < 1.29 is 0 Å². The van der Waals surface area contributed by atoms with E-state index < -0.39 is 0 Å². The average Bonchev–Trinajstić information content (AvgIpc) is 2.26. The molecule has 1 unspecified atom stereocenters. The number of rotatable bonds is 0. The molecule has 19 heavy (non-hydrogen) atoms. The lowest BCUT2D eigenvalue weighted by Gasteiger charge is -2.30. The van der Waals surface area contributed by atoms with Gasteiger partial charge in [-0.25, -0.2) is 0 Å². The number of hydrogen-bond donors (Lipinski definition) is 0. The van der Waals surface area contributed by atoms with Gasteiger partial charge in [0, 0.05) is 17.5 Å². The van der Waals surface area contributed by atoms with Crippen LogP contribution in [0.25, 0.3) is 6.08 Å². The topological polar surface area (TPSA) is 25.8 Å². The average molecular weight is 258 g/mol. The van der Waals surface area contributed by atoms with E-state index >= 15 is 0 Å². The number of aromatic nitrogens is 2. The lowest BCUT2D eigenvalue weighted by molar-refractivity contribution is 0.465. The Balaban J connectivity index is 2.49. The van der Waals surface area contributed by atoms with E-state index in [0.29, 0.717) is 5.92 Å². The van der Waals surface area contributed by atoms with Gasteiger partial charge in [0.15, 0.2) is 0 Å². The summed E-state index contributed by atoms with van der Waals surface area (Å²) in [6, 6.07) is 0. The summed E-state index contributed by atoms with van der Waals surface area (Å²) in [5, 5.41) is 0. The minimum absolute atomic E-state index is 0.0652. The Bertz CT molecular complexity index is 513. The molecule has 1 heterocycles. The lowest BCUT2D eigenvalue weighted by atomic mass is 9.77. The van der Waals surface area contributed by atoms with Gasteiger partial charge in [0.1, 0.15) is 0 Å². The quantitative estimate of drug-likeness (QED) is 0.673. The second-order valence-electron chi connectivity index (χ2n) is 7.80. The second kappa shape index (κ2) is 4.43. The maximum Gasteiger partial charge on any atom is 0.0847 e. The van der Waals surface area contributed by atoms with Gasteiger partial charge in [0.25, 0.3) is 0 Å². The van der Waals surface area contributed by atoms with Crippen LogP contribution in [0.2, 0.25) is 0 Å².